The molecular formula is C14H22BrNO2. The molecule has 0 heterocycles. The van der Waals surface area contributed by atoms with Crippen LogP contribution < -0.4 is 10.1 Å². The highest BCUT2D eigenvalue weighted by Gasteiger charge is 2.07. The zero-order chi connectivity index (χ0) is 13.5. The van der Waals surface area contributed by atoms with E-state index in [1.807, 2.05) is 26.0 Å². The molecule has 0 radical (unpaired) electrons. The molecule has 0 aliphatic rings. The van der Waals surface area contributed by atoms with Crippen LogP contribution in [-0.4, -0.2) is 23.9 Å². The average Bonchev–Trinajstić information content (AvgIpc) is 2.33. The van der Waals surface area contributed by atoms with Crippen molar-refractivity contribution in [3.8, 4) is 5.75 Å². The maximum atomic E-state index is 9.11. The molecule has 2 N–H and O–H groups in total. The maximum absolute atomic E-state index is 9.11. The molecule has 1 unspecified atom stereocenters. The molecule has 0 aliphatic heterocycles. The fourth-order valence-corrected chi connectivity index (χ4v) is 2.12. The first kappa shape index (κ1) is 15.5. The Balaban J connectivity index is 2.61. The topological polar surface area (TPSA) is 41.5 Å². The van der Waals surface area contributed by atoms with Crippen LogP contribution in [0.3, 0.4) is 0 Å². The van der Waals surface area contributed by atoms with E-state index < -0.39 is 0 Å². The Morgan fingerprint density at radius 1 is 1.39 bits per heavy atom. The van der Waals surface area contributed by atoms with E-state index in [9.17, 15) is 0 Å². The van der Waals surface area contributed by atoms with Gasteiger partial charge in [-0.05, 0) is 53.9 Å². The van der Waals surface area contributed by atoms with Crippen LogP contribution >= 0.6 is 15.9 Å². The minimum atomic E-state index is 0.162. The summed E-state index contributed by atoms with van der Waals surface area (Å²) >= 11 is 3.51. The van der Waals surface area contributed by atoms with Crippen LogP contribution in [0, 0.1) is 0 Å². The molecule has 0 aliphatic carbocycles. The predicted octanol–water partition coefficient (Wildman–Crippen LogP) is 3.10. The monoisotopic (exact) mass is 315 g/mol. The Morgan fingerprint density at radius 3 is 2.61 bits per heavy atom. The van der Waals surface area contributed by atoms with Crippen LogP contribution in [0.2, 0.25) is 0 Å². The number of aliphatic hydroxyl groups is 1. The molecule has 0 amide bonds. The molecule has 1 aromatic rings. The maximum Gasteiger partial charge on any atom is 0.133 e. The molecule has 0 spiro atoms. The van der Waals surface area contributed by atoms with Gasteiger partial charge in [0.1, 0.15) is 5.75 Å². The lowest BCUT2D eigenvalue weighted by Gasteiger charge is -2.15. The molecule has 0 aromatic heterocycles. The van der Waals surface area contributed by atoms with Gasteiger partial charge in [-0.3, -0.25) is 0 Å². The predicted molar refractivity (Wildman–Crippen MR) is 77.9 cm³/mol. The Morgan fingerprint density at radius 2 is 2.11 bits per heavy atom. The van der Waals surface area contributed by atoms with Crippen molar-refractivity contribution in [2.24, 2.45) is 0 Å². The summed E-state index contributed by atoms with van der Waals surface area (Å²) in [4.78, 5) is 0. The largest absolute Gasteiger partial charge is 0.490 e. The smallest absolute Gasteiger partial charge is 0.133 e. The van der Waals surface area contributed by atoms with Crippen LogP contribution in [0.5, 0.6) is 5.75 Å². The molecule has 1 aromatic carbocycles. The fraction of sp³-hybridized carbons (Fsp3) is 0.571. The Hall–Kier alpha value is -0.580. The molecule has 0 saturated carbocycles. The van der Waals surface area contributed by atoms with Gasteiger partial charge < -0.3 is 15.2 Å². The third kappa shape index (κ3) is 4.96. The number of rotatable bonds is 7. The lowest BCUT2D eigenvalue weighted by atomic mass is 10.2. The van der Waals surface area contributed by atoms with Gasteiger partial charge in [-0.25, -0.2) is 0 Å². The van der Waals surface area contributed by atoms with Crippen molar-refractivity contribution < 1.29 is 9.84 Å². The number of halogens is 1. The first-order valence-corrected chi connectivity index (χ1v) is 7.15. The molecular weight excluding hydrogens is 294 g/mol. The van der Waals surface area contributed by atoms with E-state index in [1.165, 1.54) is 5.56 Å². The number of hydrogen-bond donors (Lipinski definition) is 2. The molecule has 1 atom stereocenters. The van der Waals surface area contributed by atoms with Crippen molar-refractivity contribution in [3.63, 3.8) is 0 Å². The third-order valence-electron chi connectivity index (χ3n) is 2.67. The van der Waals surface area contributed by atoms with E-state index in [1.54, 1.807) is 0 Å². The van der Waals surface area contributed by atoms with Gasteiger partial charge in [-0.1, -0.05) is 13.0 Å². The highest BCUT2D eigenvalue weighted by molar-refractivity contribution is 9.10. The summed E-state index contributed by atoms with van der Waals surface area (Å²) < 4.78 is 6.63. The minimum Gasteiger partial charge on any atom is -0.490 e. The highest BCUT2D eigenvalue weighted by Crippen LogP contribution is 2.26. The Bertz CT molecular complexity index is 365. The van der Waals surface area contributed by atoms with Crippen molar-refractivity contribution in [2.45, 2.75) is 45.9 Å². The van der Waals surface area contributed by atoms with Gasteiger partial charge in [0.05, 0.1) is 17.2 Å². The standard InChI is InChI=1S/C14H22BrNO2/c1-4-12(9-17)16-8-11-5-6-14(13(15)7-11)18-10(2)3/h5-7,10,12,16-17H,4,8-9H2,1-3H3. The van der Waals surface area contributed by atoms with Crippen LogP contribution in [-0.2, 0) is 6.54 Å². The lowest BCUT2D eigenvalue weighted by Crippen LogP contribution is -2.31. The van der Waals surface area contributed by atoms with Crippen LogP contribution in [0.1, 0.15) is 32.8 Å². The summed E-state index contributed by atoms with van der Waals surface area (Å²) in [6, 6.07) is 6.23. The van der Waals surface area contributed by atoms with Gasteiger partial charge >= 0.3 is 0 Å². The second-order valence-corrected chi connectivity index (χ2v) is 5.45. The summed E-state index contributed by atoms with van der Waals surface area (Å²) in [5.41, 5.74) is 1.17. The first-order valence-electron chi connectivity index (χ1n) is 6.36. The molecule has 102 valence electrons. The van der Waals surface area contributed by atoms with Crippen LogP contribution in [0.25, 0.3) is 0 Å². The third-order valence-corrected chi connectivity index (χ3v) is 3.29. The molecule has 1 rings (SSSR count). The first-order chi connectivity index (χ1) is 8.56. The number of ether oxygens (including phenoxy) is 1. The minimum absolute atomic E-state index is 0.162. The van der Waals surface area contributed by atoms with Crippen LogP contribution in [0.15, 0.2) is 22.7 Å². The van der Waals surface area contributed by atoms with Gasteiger partial charge in [-0.15, -0.1) is 0 Å². The van der Waals surface area contributed by atoms with Crippen molar-refractivity contribution in [2.75, 3.05) is 6.61 Å². The zero-order valence-electron chi connectivity index (χ0n) is 11.2. The normalized spacial score (nSPS) is 12.8. The molecule has 0 saturated heterocycles. The van der Waals surface area contributed by atoms with Gasteiger partial charge in [0.15, 0.2) is 0 Å². The van der Waals surface area contributed by atoms with Gasteiger partial charge in [0, 0.05) is 12.6 Å². The molecule has 18 heavy (non-hydrogen) atoms. The number of nitrogens with one attached hydrogen (secondary N) is 1. The summed E-state index contributed by atoms with van der Waals surface area (Å²) in [6.07, 6.45) is 1.09. The molecule has 3 nitrogen and oxygen atoms in total. The van der Waals surface area contributed by atoms with Crippen molar-refractivity contribution >= 4 is 15.9 Å². The van der Waals surface area contributed by atoms with Gasteiger partial charge in [-0.2, -0.15) is 0 Å². The number of aliphatic hydroxyl groups excluding tert-OH is 1. The molecule has 0 bridgehead atoms. The van der Waals surface area contributed by atoms with Gasteiger partial charge in [0.2, 0.25) is 0 Å². The average molecular weight is 316 g/mol. The van der Waals surface area contributed by atoms with E-state index in [2.05, 4.69) is 34.2 Å². The Labute approximate surface area is 118 Å². The molecule has 4 heteroatoms. The van der Waals surface area contributed by atoms with E-state index in [0.717, 1.165) is 23.2 Å². The number of benzene rings is 1. The Kier molecular flexibility index (Phi) is 6.68. The highest BCUT2D eigenvalue weighted by atomic mass is 79.9. The SMILES string of the molecule is CCC(CO)NCc1ccc(OC(C)C)c(Br)c1. The fourth-order valence-electron chi connectivity index (χ4n) is 1.60. The quantitative estimate of drug-likeness (QED) is 0.812. The van der Waals surface area contributed by atoms with Crippen molar-refractivity contribution in [1.82, 2.24) is 5.32 Å². The second-order valence-electron chi connectivity index (χ2n) is 4.60. The van der Waals surface area contributed by atoms with Gasteiger partial charge in [0.25, 0.3) is 0 Å². The second kappa shape index (κ2) is 7.77. The summed E-state index contributed by atoms with van der Waals surface area (Å²) in [5, 5.41) is 12.4. The zero-order valence-corrected chi connectivity index (χ0v) is 12.8. The summed E-state index contributed by atoms with van der Waals surface area (Å²) in [5.74, 6) is 0.864. The van der Waals surface area contributed by atoms with E-state index in [0.29, 0.717) is 0 Å². The van der Waals surface area contributed by atoms with Crippen LogP contribution in [0.4, 0.5) is 0 Å². The van der Waals surface area contributed by atoms with Crippen molar-refractivity contribution in [1.29, 1.82) is 0 Å². The van der Waals surface area contributed by atoms with E-state index >= 15 is 0 Å². The summed E-state index contributed by atoms with van der Waals surface area (Å²) in [7, 11) is 0. The molecule has 0 fully saturated rings. The summed E-state index contributed by atoms with van der Waals surface area (Å²) in [6.45, 7) is 7.00. The van der Waals surface area contributed by atoms with Crippen molar-refractivity contribution in [3.05, 3.63) is 28.2 Å². The van der Waals surface area contributed by atoms with E-state index in [4.69, 9.17) is 9.84 Å². The van der Waals surface area contributed by atoms with E-state index in [-0.39, 0.29) is 18.8 Å². The number of hydrogen-bond acceptors (Lipinski definition) is 3. The lowest BCUT2D eigenvalue weighted by molar-refractivity contribution is 0.237.